The van der Waals surface area contributed by atoms with Crippen LogP contribution >= 0.6 is 12.4 Å². The lowest BCUT2D eigenvalue weighted by atomic mass is 9.86. The summed E-state index contributed by atoms with van der Waals surface area (Å²) in [6.45, 7) is 4.30. The minimum Gasteiger partial charge on any atom is -0.494 e. The zero-order valence-corrected chi connectivity index (χ0v) is 18.5. The summed E-state index contributed by atoms with van der Waals surface area (Å²) in [5.74, 6) is 1.17. The zero-order chi connectivity index (χ0) is 19.8. The molecule has 4 nitrogen and oxygen atoms in total. The van der Waals surface area contributed by atoms with Gasteiger partial charge in [0.1, 0.15) is 5.75 Å². The van der Waals surface area contributed by atoms with Crippen LogP contribution in [0.3, 0.4) is 0 Å². The van der Waals surface area contributed by atoms with Crippen molar-refractivity contribution in [1.82, 2.24) is 5.32 Å². The molecule has 1 aromatic carbocycles. The maximum Gasteiger partial charge on any atom is 0.304 e. The predicted molar refractivity (Wildman–Crippen MR) is 121 cm³/mol. The highest BCUT2D eigenvalue weighted by Crippen LogP contribution is 2.33. The van der Waals surface area contributed by atoms with Crippen molar-refractivity contribution < 1.29 is 14.6 Å². The van der Waals surface area contributed by atoms with Crippen LogP contribution < -0.4 is 10.1 Å². The van der Waals surface area contributed by atoms with Gasteiger partial charge in [0.15, 0.2) is 0 Å². The minimum atomic E-state index is -0.751. The maximum absolute atomic E-state index is 10.6. The standard InChI is InChI=1S/C24H35NO3.ClH/c1-18-21(17-25-14-13-24(26)27)10-9-20-16-22(11-12-23(18)20)28-15-5-8-19-6-3-2-4-7-19;/h11-12,16,19,25H,2-10,13-15,17H2,1H3,(H,26,27);1H. The molecule has 0 unspecified atom stereocenters. The number of carboxylic acids is 1. The summed E-state index contributed by atoms with van der Waals surface area (Å²) >= 11 is 0. The number of allylic oxidation sites excluding steroid dienone is 1. The molecule has 3 rings (SSSR count). The number of fused-ring (bicyclic) bond motifs is 1. The number of aryl methyl sites for hydroxylation is 1. The summed E-state index contributed by atoms with van der Waals surface area (Å²) in [5.41, 5.74) is 5.40. The normalized spacial score (nSPS) is 16.9. The number of carboxylic acid groups (broad SMARTS) is 1. The van der Waals surface area contributed by atoms with E-state index in [1.54, 1.807) is 0 Å². The SMILES string of the molecule is CC1=C(CNCCC(=O)O)CCc2cc(OCCCC3CCCCC3)ccc21.Cl. The molecule has 5 heteroatoms. The van der Waals surface area contributed by atoms with Crippen molar-refractivity contribution in [3.63, 3.8) is 0 Å². The third kappa shape index (κ3) is 7.35. The number of hydrogen-bond acceptors (Lipinski definition) is 3. The summed E-state index contributed by atoms with van der Waals surface area (Å²) in [5, 5.41) is 12.0. The first kappa shape index (κ1) is 23.8. The molecule has 0 aliphatic heterocycles. The molecule has 1 saturated carbocycles. The molecule has 1 aromatic rings. The molecule has 0 aromatic heterocycles. The molecule has 2 aliphatic rings. The van der Waals surface area contributed by atoms with Crippen LogP contribution in [-0.2, 0) is 11.2 Å². The highest BCUT2D eigenvalue weighted by Gasteiger charge is 2.17. The Labute approximate surface area is 181 Å². The number of carbonyl (C=O) groups is 1. The largest absolute Gasteiger partial charge is 0.494 e. The van der Waals surface area contributed by atoms with Gasteiger partial charge in [-0.1, -0.05) is 43.7 Å². The molecule has 2 N–H and O–H groups in total. The number of rotatable bonds is 10. The van der Waals surface area contributed by atoms with Crippen molar-refractivity contribution in [3.8, 4) is 5.75 Å². The molecule has 162 valence electrons. The molecule has 0 amide bonds. The van der Waals surface area contributed by atoms with Gasteiger partial charge in [0.25, 0.3) is 0 Å². The zero-order valence-electron chi connectivity index (χ0n) is 17.7. The second kappa shape index (κ2) is 12.2. The van der Waals surface area contributed by atoms with Crippen molar-refractivity contribution in [3.05, 3.63) is 34.9 Å². The number of benzene rings is 1. The monoisotopic (exact) mass is 421 g/mol. The third-order valence-corrected chi connectivity index (χ3v) is 6.31. The summed E-state index contributed by atoms with van der Waals surface area (Å²) in [7, 11) is 0. The lowest BCUT2D eigenvalue weighted by molar-refractivity contribution is -0.136. The van der Waals surface area contributed by atoms with Gasteiger partial charge in [-0.3, -0.25) is 4.79 Å². The number of halogens is 1. The second-order valence-corrected chi connectivity index (χ2v) is 8.36. The fraction of sp³-hybridized carbons (Fsp3) is 0.625. The van der Waals surface area contributed by atoms with E-state index in [0.29, 0.717) is 6.54 Å². The van der Waals surface area contributed by atoms with E-state index in [0.717, 1.165) is 44.1 Å². The van der Waals surface area contributed by atoms with E-state index in [9.17, 15) is 4.79 Å². The number of nitrogens with one attached hydrogen (secondary N) is 1. The van der Waals surface area contributed by atoms with Crippen molar-refractivity contribution in [2.75, 3.05) is 19.7 Å². The molecular weight excluding hydrogens is 386 g/mol. The van der Waals surface area contributed by atoms with Crippen LogP contribution in [0.1, 0.15) is 75.8 Å². The van der Waals surface area contributed by atoms with Gasteiger partial charge >= 0.3 is 5.97 Å². The molecule has 0 radical (unpaired) electrons. The second-order valence-electron chi connectivity index (χ2n) is 8.36. The average Bonchev–Trinajstić information content (AvgIpc) is 2.70. The summed E-state index contributed by atoms with van der Waals surface area (Å²) < 4.78 is 6.04. The van der Waals surface area contributed by atoms with Crippen LogP contribution in [0.5, 0.6) is 5.75 Å². The molecule has 0 bridgehead atoms. The van der Waals surface area contributed by atoms with Gasteiger partial charge in [0, 0.05) is 13.1 Å². The van der Waals surface area contributed by atoms with Crippen molar-refractivity contribution in [1.29, 1.82) is 0 Å². The van der Waals surface area contributed by atoms with E-state index < -0.39 is 5.97 Å². The Morgan fingerprint density at radius 3 is 2.76 bits per heavy atom. The Balaban J connectivity index is 0.00000300. The molecule has 29 heavy (non-hydrogen) atoms. The van der Waals surface area contributed by atoms with Gasteiger partial charge in [0.2, 0.25) is 0 Å². The predicted octanol–water partition coefficient (Wildman–Crippen LogP) is 5.63. The van der Waals surface area contributed by atoms with Crippen molar-refractivity contribution in [2.45, 2.75) is 71.1 Å². The summed E-state index contributed by atoms with van der Waals surface area (Å²) in [4.78, 5) is 10.6. The quantitative estimate of drug-likeness (QED) is 0.480. The highest BCUT2D eigenvalue weighted by atomic mass is 35.5. The minimum absolute atomic E-state index is 0. The van der Waals surface area contributed by atoms with E-state index in [4.69, 9.17) is 9.84 Å². The van der Waals surface area contributed by atoms with Crippen LogP contribution in [0.25, 0.3) is 5.57 Å². The lowest BCUT2D eigenvalue weighted by Gasteiger charge is -2.23. The van der Waals surface area contributed by atoms with Gasteiger partial charge in [-0.25, -0.2) is 0 Å². The first-order valence-corrected chi connectivity index (χ1v) is 11.0. The van der Waals surface area contributed by atoms with Crippen LogP contribution in [-0.4, -0.2) is 30.8 Å². The Hall–Kier alpha value is -1.52. The van der Waals surface area contributed by atoms with Gasteiger partial charge in [-0.05, 0) is 67.4 Å². The molecule has 2 aliphatic carbocycles. The van der Waals surface area contributed by atoms with Gasteiger partial charge in [-0.2, -0.15) is 0 Å². The lowest BCUT2D eigenvalue weighted by Crippen LogP contribution is -2.22. The van der Waals surface area contributed by atoms with E-state index in [2.05, 4.69) is 30.4 Å². The topological polar surface area (TPSA) is 58.6 Å². The Kier molecular flexibility index (Phi) is 10.0. The fourth-order valence-electron chi connectivity index (χ4n) is 4.59. The first-order valence-electron chi connectivity index (χ1n) is 11.0. The molecular formula is C24H36ClNO3. The molecule has 0 spiro atoms. The van der Waals surface area contributed by atoms with E-state index >= 15 is 0 Å². The molecule has 1 fully saturated rings. The van der Waals surface area contributed by atoms with E-state index in [1.165, 1.54) is 60.8 Å². The fourth-order valence-corrected chi connectivity index (χ4v) is 4.59. The highest BCUT2D eigenvalue weighted by molar-refractivity contribution is 5.85. The molecule has 0 heterocycles. The van der Waals surface area contributed by atoms with Gasteiger partial charge in [0.05, 0.1) is 13.0 Å². The van der Waals surface area contributed by atoms with E-state index in [1.807, 2.05) is 0 Å². The Bertz CT molecular complexity index is 695. The van der Waals surface area contributed by atoms with Crippen LogP contribution in [0.4, 0.5) is 0 Å². The average molecular weight is 422 g/mol. The van der Waals surface area contributed by atoms with Crippen molar-refractivity contribution in [2.24, 2.45) is 5.92 Å². The smallest absolute Gasteiger partial charge is 0.304 e. The number of ether oxygens (including phenoxy) is 1. The van der Waals surface area contributed by atoms with Gasteiger partial charge in [-0.15, -0.1) is 12.4 Å². The van der Waals surface area contributed by atoms with E-state index in [-0.39, 0.29) is 18.8 Å². The van der Waals surface area contributed by atoms with Crippen LogP contribution in [0, 0.1) is 5.92 Å². The van der Waals surface area contributed by atoms with Crippen LogP contribution in [0.2, 0.25) is 0 Å². The summed E-state index contributed by atoms with van der Waals surface area (Å²) in [6, 6.07) is 6.51. The summed E-state index contributed by atoms with van der Waals surface area (Å²) in [6.07, 6.45) is 11.8. The molecule has 0 saturated heterocycles. The maximum atomic E-state index is 10.6. The Morgan fingerprint density at radius 1 is 1.21 bits per heavy atom. The number of aliphatic carboxylic acids is 1. The van der Waals surface area contributed by atoms with Crippen LogP contribution in [0.15, 0.2) is 23.8 Å². The third-order valence-electron chi connectivity index (χ3n) is 6.31. The molecule has 0 atom stereocenters. The van der Waals surface area contributed by atoms with Gasteiger partial charge < -0.3 is 15.2 Å². The first-order chi connectivity index (χ1) is 13.6. The number of hydrogen-bond donors (Lipinski definition) is 2. The van der Waals surface area contributed by atoms with Crippen molar-refractivity contribution >= 4 is 23.9 Å². The Morgan fingerprint density at radius 2 is 2.00 bits per heavy atom.